The van der Waals surface area contributed by atoms with Gasteiger partial charge in [0.15, 0.2) is 5.76 Å². The second-order valence-corrected chi connectivity index (χ2v) is 8.85. The van der Waals surface area contributed by atoms with E-state index in [-0.39, 0.29) is 17.3 Å². The SMILES string of the molecule is COCCC(C)(c1ccc(C(=O)Nc2nc(SC)c(C#N)c(-c3ccco3)n2)cc1)c1ccc[nH]1. The van der Waals surface area contributed by atoms with E-state index in [2.05, 4.69) is 39.3 Å². The Morgan fingerprint density at radius 3 is 2.63 bits per heavy atom. The molecule has 3 aromatic heterocycles. The van der Waals surface area contributed by atoms with Crippen LogP contribution in [0.15, 0.2) is 70.4 Å². The predicted molar refractivity (Wildman–Crippen MR) is 134 cm³/mol. The maximum Gasteiger partial charge on any atom is 0.258 e. The highest BCUT2D eigenvalue weighted by Crippen LogP contribution is 2.35. The fourth-order valence-electron chi connectivity index (χ4n) is 3.91. The Balaban J connectivity index is 1.60. The number of furan rings is 1. The van der Waals surface area contributed by atoms with Crippen molar-refractivity contribution >= 4 is 23.6 Å². The molecular formula is C26H25N5O3S. The molecule has 0 saturated carbocycles. The second-order valence-electron chi connectivity index (χ2n) is 8.06. The summed E-state index contributed by atoms with van der Waals surface area (Å²) in [5, 5.41) is 12.8. The van der Waals surface area contributed by atoms with Gasteiger partial charge >= 0.3 is 0 Å². The number of hydrogen-bond donors (Lipinski definition) is 2. The van der Waals surface area contributed by atoms with Crippen LogP contribution in [0.2, 0.25) is 0 Å². The van der Waals surface area contributed by atoms with E-state index in [1.54, 1.807) is 31.4 Å². The third-order valence-electron chi connectivity index (χ3n) is 5.94. The topological polar surface area (TPSA) is 117 Å². The van der Waals surface area contributed by atoms with E-state index in [0.29, 0.717) is 34.2 Å². The molecule has 178 valence electrons. The van der Waals surface area contributed by atoms with Crippen molar-refractivity contribution in [1.29, 1.82) is 5.26 Å². The summed E-state index contributed by atoms with van der Waals surface area (Å²) in [6.07, 6.45) is 6.00. The summed E-state index contributed by atoms with van der Waals surface area (Å²) >= 11 is 1.30. The summed E-state index contributed by atoms with van der Waals surface area (Å²) < 4.78 is 10.8. The number of ether oxygens (including phenoxy) is 1. The highest BCUT2D eigenvalue weighted by Gasteiger charge is 2.30. The second kappa shape index (κ2) is 10.6. The van der Waals surface area contributed by atoms with Crippen molar-refractivity contribution in [3.05, 3.63) is 83.4 Å². The first-order valence-corrected chi connectivity index (χ1v) is 12.2. The van der Waals surface area contributed by atoms with E-state index in [1.807, 2.05) is 30.7 Å². The molecular weight excluding hydrogens is 462 g/mol. The van der Waals surface area contributed by atoms with Gasteiger partial charge in [-0.25, -0.2) is 9.97 Å². The molecule has 0 bridgehead atoms. The normalized spacial score (nSPS) is 12.6. The minimum absolute atomic E-state index is 0.102. The Morgan fingerprint density at radius 1 is 1.23 bits per heavy atom. The molecule has 1 aromatic carbocycles. The third kappa shape index (κ3) is 4.99. The number of benzene rings is 1. The van der Waals surface area contributed by atoms with Crippen LogP contribution < -0.4 is 5.32 Å². The number of rotatable bonds is 9. The number of nitrogens with zero attached hydrogens (tertiary/aromatic N) is 3. The average Bonchev–Trinajstić information content (AvgIpc) is 3.62. The Bertz CT molecular complexity index is 1330. The van der Waals surface area contributed by atoms with Gasteiger partial charge in [-0.15, -0.1) is 11.8 Å². The molecule has 0 radical (unpaired) electrons. The molecule has 0 aliphatic carbocycles. The molecule has 1 unspecified atom stereocenters. The van der Waals surface area contributed by atoms with Crippen LogP contribution in [-0.4, -0.2) is 40.8 Å². The molecule has 3 heterocycles. The Morgan fingerprint density at radius 2 is 2.03 bits per heavy atom. The predicted octanol–water partition coefficient (Wildman–Crippen LogP) is 5.25. The Labute approximate surface area is 207 Å². The van der Waals surface area contributed by atoms with Crippen molar-refractivity contribution < 1.29 is 13.9 Å². The lowest BCUT2D eigenvalue weighted by Crippen LogP contribution is -2.26. The monoisotopic (exact) mass is 487 g/mol. The van der Waals surface area contributed by atoms with Crippen molar-refractivity contribution in [2.24, 2.45) is 0 Å². The molecule has 0 fully saturated rings. The van der Waals surface area contributed by atoms with Crippen LogP contribution in [0.5, 0.6) is 0 Å². The van der Waals surface area contributed by atoms with Gasteiger partial charge in [-0.1, -0.05) is 12.1 Å². The minimum Gasteiger partial charge on any atom is -0.463 e. The molecule has 4 rings (SSSR count). The third-order valence-corrected chi connectivity index (χ3v) is 6.63. The Hall–Kier alpha value is -3.87. The smallest absolute Gasteiger partial charge is 0.258 e. The minimum atomic E-state index is -0.350. The van der Waals surface area contributed by atoms with Crippen molar-refractivity contribution in [2.75, 3.05) is 25.3 Å². The van der Waals surface area contributed by atoms with Crippen molar-refractivity contribution in [3.8, 4) is 17.5 Å². The number of carbonyl (C=O) groups is 1. The molecule has 0 aliphatic heterocycles. The van der Waals surface area contributed by atoms with Crippen LogP contribution in [0.4, 0.5) is 5.95 Å². The first-order chi connectivity index (χ1) is 17.0. The van der Waals surface area contributed by atoms with Gasteiger partial charge in [-0.3, -0.25) is 10.1 Å². The fourth-order valence-corrected chi connectivity index (χ4v) is 4.44. The highest BCUT2D eigenvalue weighted by atomic mass is 32.2. The van der Waals surface area contributed by atoms with Crippen LogP contribution in [0.3, 0.4) is 0 Å². The maximum absolute atomic E-state index is 13.0. The molecule has 8 nitrogen and oxygen atoms in total. The van der Waals surface area contributed by atoms with Crippen LogP contribution in [0.25, 0.3) is 11.5 Å². The van der Waals surface area contributed by atoms with E-state index in [4.69, 9.17) is 9.15 Å². The molecule has 2 N–H and O–H groups in total. The zero-order valence-corrected chi connectivity index (χ0v) is 20.5. The van der Waals surface area contributed by atoms with E-state index in [1.165, 1.54) is 18.0 Å². The number of thioether (sulfide) groups is 1. The number of H-pyrrole nitrogens is 1. The first-order valence-electron chi connectivity index (χ1n) is 10.9. The molecule has 4 aromatic rings. The number of anilines is 1. The summed E-state index contributed by atoms with van der Waals surface area (Å²) in [5.74, 6) is 0.182. The molecule has 35 heavy (non-hydrogen) atoms. The van der Waals surface area contributed by atoms with Gasteiger partial charge in [0.05, 0.1) is 6.26 Å². The van der Waals surface area contributed by atoms with E-state index >= 15 is 0 Å². The zero-order valence-electron chi connectivity index (χ0n) is 19.7. The van der Waals surface area contributed by atoms with Crippen molar-refractivity contribution in [1.82, 2.24) is 15.0 Å². The molecule has 0 saturated heterocycles. The Kier molecular flexibility index (Phi) is 7.34. The summed E-state index contributed by atoms with van der Waals surface area (Å²) in [6.45, 7) is 2.75. The largest absolute Gasteiger partial charge is 0.463 e. The van der Waals surface area contributed by atoms with Gasteiger partial charge in [0.25, 0.3) is 5.91 Å². The number of aromatic nitrogens is 3. The number of amides is 1. The summed E-state index contributed by atoms with van der Waals surface area (Å²) in [6, 6.07) is 17.0. The van der Waals surface area contributed by atoms with E-state index in [9.17, 15) is 10.1 Å². The molecule has 0 aliphatic rings. The highest BCUT2D eigenvalue weighted by molar-refractivity contribution is 7.98. The van der Waals surface area contributed by atoms with Crippen LogP contribution >= 0.6 is 11.8 Å². The lowest BCUT2D eigenvalue weighted by molar-refractivity contribution is 0.102. The fraction of sp³-hybridized carbons (Fsp3) is 0.231. The zero-order chi connectivity index (χ0) is 24.8. The number of nitriles is 1. The molecule has 9 heteroatoms. The van der Waals surface area contributed by atoms with Crippen LogP contribution in [-0.2, 0) is 10.2 Å². The summed E-state index contributed by atoms with van der Waals surface area (Å²) in [5.41, 5.74) is 2.95. The van der Waals surface area contributed by atoms with Crippen LogP contribution in [0.1, 0.15) is 40.5 Å². The lowest BCUT2D eigenvalue weighted by Gasteiger charge is -2.29. The van der Waals surface area contributed by atoms with Gasteiger partial charge in [-0.05, 0) is 61.6 Å². The van der Waals surface area contributed by atoms with Crippen molar-refractivity contribution in [2.45, 2.75) is 23.8 Å². The number of hydrogen-bond acceptors (Lipinski definition) is 7. The number of carbonyl (C=O) groups excluding carboxylic acids is 1. The van der Waals surface area contributed by atoms with Crippen LogP contribution in [0, 0.1) is 11.3 Å². The number of methoxy groups -OCH3 is 1. The van der Waals surface area contributed by atoms with Gasteiger partial charge in [0, 0.05) is 36.6 Å². The average molecular weight is 488 g/mol. The van der Waals surface area contributed by atoms with Crippen molar-refractivity contribution in [3.63, 3.8) is 0 Å². The molecule has 1 atom stereocenters. The lowest BCUT2D eigenvalue weighted by atomic mass is 9.76. The number of nitrogens with one attached hydrogen (secondary N) is 2. The van der Waals surface area contributed by atoms with Gasteiger partial charge in [-0.2, -0.15) is 5.26 Å². The van der Waals surface area contributed by atoms with Gasteiger partial charge < -0.3 is 14.1 Å². The molecule has 0 spiro atoms. The summed E-state index contributed by atoms with van der Waals surface area (Å²) in [4.78, 5) is 25.1. The first kappa shape index (κ1) is 24.3. The van der Waals surface area contributed by atoms with Gasteiger partial charge in [0.1, 0.15) is 22.4 Å². The standard InChI is InChI=1S/C26H25N5O3S/c1-26(12-15-33-2,21-7-4-13-28-21)18-10-8-17(9-11-18)23(32)30-25-29-22(20-6-5-14-34-20)19(16-27)24(31-25)35-3/h4-11,13-14,28H,12,15H2,1-3H3,(H,29,30,31,32). The summed E-state index contributed by atoms with van der Waals surface area (Å²) in [7, 11) is 1.69. The van der Waals surface area contributed by atoms with E-state index < -0.39 is 0 Å². The van der Waals surface area contributed by atoms with Gasteiger partial charge in [0.2, 0.25) is 5.95 Å². The quantitative estimate of drug-likeness (QED) is 0.244. The van der Waals surface area contributed by atoms with E-state index in [0.717, 1.165) is 17.7 Å². The molecule has 1 amide bonds. The maximum atomic E-state index is 13.0. The number of aromatic amines is 1.